The van der Waals surface area contributed by atoms with E-state index in [0.717, 1.165) is 6.42 Å². The fourth-order valence-corrected chi connectivity index (χ4v) is 1.93. The molecule has 0 aromatic heterocycles. The number of hydrogen-bond acceptors (Lipinski definition) is 4. The highest BCUT2D eigenvalue weighted by Gasteiger charge is 2.29. The lowest BCUT2D eigenvalue weighted by molar-refractivity contribution is -0.147. The van der Waals surface area contributed by atoms with E-state index < -0.39 is 11.9 Å². The Kier molecular flexibility index (Phi) is 6.67. The number of carbonyl (C=O) groups is 2. The van der Waals surface area contributed by atoms with Gasteiger partial charge in [0.1, 0.15) is 0 Å². The number of carbonyl (C=O) groups excluding carboxylic acids is 1. The van der Waals surface area contributed by atoms with Crippen LogP contribution < -0.4 is 0 Å². The largest absolute Gasteiger partial charge is 0.481 e. The van der Waals surface area contributed by atoms with Crippen LogP contribution in [0.1, 0.15) is 19.3 Å². The standard InChI is InChI=1S/C12H21NO5/c1-17-7-8-18-6-2-5-13-9-10(12(15)16)3-4-11(13)14/h10H,2-9H2,1H3,(H,15,16). The van der Waals surface area contributed by atoms with Gasteiger partial charge in [-0.25, -0.2) is 0 Å². The second-order valence-corrected chi connectivity index (χ2v) is 4.37. The van der Waals surface area contributed by atoms with Crippen LogP contribution in [0.3, 0.4) is 0 Å². The van der Waals surface area contributed by atoms with Gasteiger partial charge in [0, 0.05) is 33.2 Å². The van der Waals surface area contributed by atoms with Crippen molar-refractivity contribution in [2.45, 2.75) is 19.3 Å². The highest BCUT2D eigenvalue weighted by molar-refractivity contribution is 5.80. The highest BCUT2D eigenvalue weighted by Crippen LogP contribution is 2.17. The van der Waals surface area contributed by atoms with Crippen LogP contribution in [-0.2, 0) is 19.1 Å². The van der Waals surface area contributed by atoms with Crippen LogP contribution in [0.15, 0.2) is 0 Å². The number of aliphatic carboxylic acids is 1. The number of likely N-dealkylation sites (tertiary alicyclic amines) is 1. The number of hydrogen-bond donors (Lipinski definition) is 1. The van der Waals surface area contributed by atoms with Crippen LogP contribution in [0.2, 0.25) is 0 Å². The number of piperidine rings is 1. The molecule has 1 aliphatic heterocycles. The normalized spacial score (nSPS) is 20.2. The zero-order valence-electron chi connectivity index (χ0n) is 10.8. The van der Waals surface area contributed by atoms with Crippen molar-refractivity contribution in [3.05, 3.63) is 0 Å². The van der Waals surface area contributed by atoms with Crippen molar-refractivity contribution in [1.82, 2.24) is 4.90 Å². The Hall–Kier alpha value is -1.14. The number of carboxylic acids is 1. The second kappa shape index (κ2) is 8.05. The van der Waals surface area contributed by atoms with Gasteiger partial charge in [0.15, 0.2) is 0 Å². The molecule has 0 aromatic rings. The van der Waals surface area contributed by atoms with Crippen molar-refractivity contribution in [2.24, 2.45) is 5.92 Å². The SMILES string of the molecule is COCCOCCCN1CC(C(=O)O)CCC1=O. The molecule has 0 bridgehead atoms. The topological polar surface area (TPSA) is 76.1 Å². The molecule has 0 saturated carbocycles. The fraction of sp³-hybridized carbons (Fsp3) is 0.833. The Morgan fingerprint density at radius 1 is 1.44 bits per heavy atom. The first kappa shape index (κ1) is 14.9. The number of methoxy groups -OCH3 is 1. The average Bonchev–Trinajstić information content (AvgIpc) is 2.35. The van der Waals surface area contributed by atoms with E-state index in [9.17, 15) is 9.59 Å². The summed E-state index contributed by atoms with van der Waals surface area (Å²) in [5.74, 6) is -1.19. The van der Waals surface area contributed by atoms with Gasteiger partial charge in [0.05, 0.1) is 19.1 Å². The maximum absolute atomic E-state index is 11.6. The Bertz CT molecular complexity index is 282. The predicted molar refractivity (Wildman–Crippen MR) is 64.3 cm³/mol. The van der Waals surface area contributed by atoms with Crippen molar-refractivity contribution in [2.75, 3.05) is 40.0 Å². The minimum absolute atomic E-state index is 0.0457. The van der Waals surface area contributed by atoms with Gasteiger partial charge >= 0.3 is 5.97 Å². The summed E-state index contributed by atoms with van der Waals surface area (Å²) in [5.41, 5.74) is 0. The Morgan fingerprint density at radius 2 is 2.22 bits per heavy atom. The zero-order chi connectivity index (χ0) is 13.4. The highest BCUT2D eigenvalue weighted by atomic mass is 16.5. The lowest BCUT2D eigenvalue weighted by atomic mass is 9.98. The molecule has 18 heavy (non-hydrogen) atoms. The molecule has 1 N–H and O–H groups in total. The molecular weight excluding hydrogens is 238 g/mol. The summed E-state index contributed by atoms with van der Waals surface area (Å²) >= 11 is 0. The van der Waals surface area contributed by atoms with E-state index >= 15 is 0 Å². The summed E-state index contributed by atoms with van der Waals surface area (Å²) in [4.78, 5) is 24.1. The molecule has 1 fully saturated rings. The molecule has 0 aromatic carbocycles. The monoisotopic (exact) mass is 259 g/mol. The summed E-state index contributed by atoms with van der Waals surface area (Å²) in [5, 5.41) is 8.93. The van der Waals surface area contributed by atoms with Gasteiger partial charge in [-0.3, -0.25) is 9.59 Å². The molecule has 1 heterocycles. The first-order valence-corrected chi connectivity index (χ1v) is 6.22. The summed E-state index contributed by atoms with van der Waals surface area (Å²) in [6.45, 7) is 2.55. The number of ether oxygens (including phenoxy) is 2. The maximum atomic E-state index is 11.6. The van der Waals surface area contributed by atoms with Gasteiger partial charge in [0.25, 0.3) is 0 Å². The zero-order valence-corrected chi connectivity index (χ0v) is 10.8. The number of nitrogens with zero attached hydrogens (tertiary/aromatic N) is 1. The van der Waals surface area contributed by atoms with E-state index in [1.54, 1.807) is 12.0 Å². The van der Waals surface area contributed by atoms with Crippen LogP contribution in [0.25, 0.3) is 0 Å². The third kappa shape index (κ3) is 5.01. The second-order valence-electron chi connectivity index (χ2n) is 4.37. The number of amides is 1. The van der Waals surface area contributed by atoms with Gasteiger partial charge in [-0.2, -0.15) is 0 Å². The molecular formula is C12H21NO5. The van der Waals surface area contributed by atoms with Crippen molar-refractivity contribution in [1.29, 1.82) is 0 Å². The summed E-state index contributed by atoms with van der Waals surface area (Å²) < 4.78 is 10.1. The van der Waals surface area contributed by atoms with Crippen LogP contribution in [-0.4, -0.2) is 61.9 Å². The van der Waals surface area contributed by atoms with Crippen LogP contribution in [0.4, 0.5) is 0 Å². The van der Waals surface area contributed by atoms with Crippen molar-refractivity contribution in [3.63, 3.8) is 0 Å². The molecule has 1 amide bonds. The van der Waals surface area contributed by atoms with Crippen LogP contribution in [0.5, 0.6) is 0 Å². The van der Waals surface area contributed by atoms with E-state index in [1.807, 2.05) is 0 Å². The summed E-state index contributed by atoms with van der Waals surface area (Å²) in [7, 11) is 1.61. The molecule has 6 heteroatoms. The summed E-state index contributed by atoms with van der Waals surface area (Å²) in [6.07, 6.45) is 1.51. The predicted octanol–water partition coefficient (Wildman–Crippen LogP) is 0.363. The van der Waals surface area contributed by atoms with Gasteiger partial charge in [-0.05, 0) is 12.8 Å². The van der Waals surface area contributed by atoms with E-state index in [0.29, 0.717) is 45.8 Å². The van der Waals surface area contributed by atoms with Crippen LogP contribution in [0, 0.1) is 5.92 Å². The summed E-state index contributed by atoms with van der Waals surface area (Å²) in [6, 6.07) is 0. The van der Waals surface area contributed by atoms with Gasteiger partial charge in [0.2, 0.25) is 5.91 Å². The van der Waals surface area contributed by atoms with Gasteiger partial charge < -0.3 is 19.5 Å². The van der Waals surface area contributed by atoms with Gasteiger partial charge in [-0.1, -0.05) is 0 Å². The van der Waals surface area contributed by atoms with Gasteiger partial charge in [-0.15, -0.1) is 0 Å². The molecule has 0 spiro atoms. The third-order valence-corrected chi connectivity index (χ3v) is 3.00. The first-order valence-electron chi connectivity index (χ1n) is 6.22. The lowest BCUT2D eigenvalue weighted by Crippen LogP contribution is -2.43. The Morgan fingerprint density at radius 3 is 2.89 bits per heavy atom. The van der Waals surface area contributed by atoms with E-state index in [2.05, 4.69) is 0 Å². The minimum Gasteiger partial charge on any atom is -0.481 e. The molecule has 6 nitrogen and oxygen atoms in total. The number of rotatable bonds is 8. The molecule has 1 unspecified atom stereocenters. The quantitative estimate of drug-likeness (QED) is 0.637. The maximum Gasteiger partial charge on any atom is 0.308 e. The van der Waals surface area contributed by atoms with Crippen molar-refractivity contribution >= 4 is 11.9 Å². The van der Waals surface area contributed by atoms with Crippen LogP contribution >= 0.6 is 0 Å². The van der Waals surface area contributed by atoms with E-state index in [4.69, 9.17) is 14.6 Å². The molecule has 1 rings (SSSR count). The van der Waals surface area contributed by atoms with E-state index in [1.165, 1.54) is 0 Å². The molecule has 1 atom stereocenters. The third-order valence-electron chi connectivity index (χ3n) is 3.00. The smallest absolute Gasteiger partial charge is 0.308 e. The lowest BCUT2D eigenvalue weighted by Gasteiger charge is -2.30. The molecule has 1 saturated heterocycles. The Balaban J connectivity index is 2.19. The molecule has 0 radical (unpaired) electrons. The first-order chi connectivity index (χ1) is 8.65. The average molecular weight is 259 g/mol. The molecule has 104 valence electrons. The molecule has 1 aliphatic rings. The van der Waals surface area contributed by atoms with E-state index in [-0.39, 0.29) is 5.91 Å². The minimum atomic E-state index is -0.816. The number of carboxylic acid groups (broad SMARTS) is 1. The van der Waals surface area contributed by atoms with Crippen molar-refractivity contribution < 1.29 is 24.2 Å². The van der Waals surface area contributed by atoms with Crippen molar-refractivity contribution in [3.8, 4) is 0 Å². The molecule has 0 aliphatic carbocycles. The Labute approximate surface area is 107 Å². The fourth-order valence-electron chi connectivity index (χ4n) is 1.93.